The molecule has 2 aromatic rings. The molecule has 0 radical (unpaired) electrons. The number of hydrogen-bond acceptors (Lipinski definition) is 5. The molecule has 0 unspecified atom stereocenters. The summed E-state index contributed by atoms with van der Waals surface area (Å²) in [6.45, 7) is 1.50. The van der Waals surface area contributed by atoms with Crippen molar-refractivity contribution in [3.8, 4) is 0 Å². The highest BCUT2D eigenvalue weighted by Gasteiger charge is 2.31. The second kappa shape index (κ2) is 6.27. The molecule has 0 atom stereocenters. The first kappa shape index (κ1) is 17.1. The van der Waals surface area contributed by atoms with Gasteiger partial charge in [0, 0.05) is 30.3 Å². The number of nitrogens with zero attached hydrogens (tertiary/aromatic N) is 2. The fourth-order valence-electron chi connectivity index (χ4n) is 2.48. The maximum atomic E-state index is 12.3. The van der Waals surface area contributed by atoms with E-state index in [0.29, 0.717) is 28.3 Å². The number of rotatable bonds is 4. The number of benzene rings is 1. The SMILES string of the molecule is CC(=O)Nc1ccc(C(=O)Nc2[nH]nc3c2CN(S(N)(=O)=O)C3)cc1. The van der Waals surface area contributed by atoms with Crippen molar-refractivity contribution < 1.29 is 18.0 Å². The molecule has 132 valence electrons. The van der Waals surface area contributed by atoms with Gasteiger partial charge in [0.25, 0.3) is 16.1 Å². The van der Waals surface area contributed by atoms with E-state index in [-0.39, 0.29) is 19.0 Å². The largest absolute Gasteiger partial charge is 0.326 e. The number of H-pyrrole nitrogens is 1. The van der Waals surface area contributed by atoms with Crippen LogP contribution >= 0.6 is 0 Å². The predicted molar refractivity (Wildman–Crippen MR) is 89.6 cm³/mol. The minimum absolute atomic E-state index is 0.0434. The summed E-state index contributed by atoms with van der Waals surface area (Å²) in [7, 11) is -3.82. The van der Waals surface area contributed by atoms with Crippen molar-refractivity contribution in [2.45, 2.75) is 20.0 Å². The first-order valence-electron chi connectivity index (χ1n) is 7.27. The van der Waals surface area contributed by atoms with Crippen LogP contribution in [0.5, 0.6) is 0 Å². The second-order valence-corrected chi connectivity index (χ2v) is 7.10. The van der Waals surface area contributed by atoms with E-state index >= 15 is 0 Å². The van der Waals surface area contributed by atoms with Crippen molar-refractivity contribution in [3.05, 3.63) is 41.1 Å². The van der Waals surface area contributed by atoms with Crippen molar-refractivity contribution in [3.63, 3.8) is 0 Å². The number of carbonyl (C=O) groups is 2. The predicted octanol–water partition coefficient (Wildman–Crippen LogP) is 0.140. The van der Waals surface area contributed by atoms with Crippen LogP contribution in [0.25, 0.3) is 0 Å². The number of fused-ring (bicyclic) bond motifs is 1. The third-order valence-corrected chi connectivity index (χ3v) is 4.66. The summed E-state index contributed by atoms with van der Waals surface area (Å²) in [4.78, 5) is 23.3. The van der Waals surface area contributed by atoms with Gasteiger partial charge in [-0.25, -0.2) is 5.14 Å². The molecule has 25 heavy (non-hydrogen) atoms. The second-order valence-electron chi connectivity index (χ2n) is 5.55. The molecule has 0 saturated carbocycles. The number of hydrogen-bond donors (Lipinski definition) is 4. The van der Waals surface area contributed by atoms with Gasteiger partial charge in [0.2, 0.25) is 5.91 Å². The lowest BCUT2D eigenvalue weighted by atomic mass is 10.2. The molecule has 11 heteroatoms. The maximum Gasteiger partial charge on any atom is 0.277 e. The summed E-state index contributed by atoms with van der Waals surface area (Å²) in [5, 5.41) is 17.1. The number of nitrogens with two attached hydrogens (primary N) is 1. The lowest BCUT2D eigenvalue weighted by Gasteiger charge is -2.11. The van der Waals surface area contributed by atoms with E-state index in [1.54, 1.807) is 24.3 Å². The van der Waals surface area contributed by atoms with Gasteiger partial charge in [0.1, 0.15) is 5.82 Å². The summed E-state index contributed by atoms with van der Waals surface area (Å²) in [5.74, 6) is -0.267. The molecule has 5 N–H and O–H groups in total. The fourth-order valence-corrected chi connectivity index (χ4v) is 3.09. The lowest BCUT2D eigenvalue weighted by Crippen LogP contribution is -2.32. The fraction of sp³-hybridized carbons (Fsp3) is 0.214. The molecule has 0 bridgehead atoms. The number of aromatic amines is 1. The average molecular weight is 364 g/mol. The van der Waals surface area contributed by atoms with Gasteiger partial charge in [-0.3, -0.25) is 14.7 Å². The Morgan fingerprint density at radius 1 is 1.20 bits per heavy atom. The van der Waals surface area contributed by atoms with Gasteiger partial charge in [-0.1, -0.05) is 0 Å². The van der Waals surface area contributed by atoms with E-state index in [1.165, 1.54) is 6.92 Å². The minimum atomic E-state index is -3.82. The number of aromatic nitrogens is 2. The zero-order chi connectivity index (χ0) is 18.2. The summed E-state index contributed by atoms with van der Waals surface area (Å²) in [5.41, 5.74) is 2.05. The normalized spacial score (nSPS) is 14.2. The van der Waals surface area contributed by atoms with E-state index in [2.05, 4.69) is 20.8 Å². The molecule has 0 aliphatic carbocycles. The van der Waals surface area contributed by atoms with Crippen molar-refractivity contribution in [1.29, 1.82) is 0 Å². The average Bonchev–Trinajstić information content (AvgIpc) is 3.09. The monoisotopic (exact) mass is 364 g/mol. The third kappa shape index (κ3) is 3.68. The molecule has 1 aliphatic heterocycles. The molecule has 2 heterocycles. The van der Waals surface area contributed by atoms with Gasteiger partial charge < -0.3 is 10.6 Å². The summed E-state index contributed by atoms with van der Waals surface area (Å²) >= 11 is 0. The van der Waals surface area contributed by atoms with Crippen molar-refractivity contribution in [2.24, 2.45) is 5.14 Å². The highest BCUT2D eigenvalue weighted by atomic mass is 32.2. The van der Waals surface area contributed by atoms with Crippen LogP contribution in [0.1, 0.15) is 28.5 Å². The van der Waals surface area contributed by atoms with Crippen LogP contribution in [0.2, 0.25) is 0 Å². The van der Waals surface area contributed by atoms with Crippen molar-refractivity contribution in [1.82, 2.24) is 14.5 Å². The van der Waals surface area contributed by atoms with Gasteiger partial charge in [-0.2, -0.15) is 17.8 Å². The van der Waals surface area contributed by atoms with Crippen molar-refractivity contribution in [2.75, 3.05) is 10.6 Å². The quantitative estimate of drug-likeness (QED) is 0.608. The zero-order valence-corrected chi connectivity index (χ0v) is 14.1. The van der Waals surface area contributed by atoms with Gasteiger partial charge in [0.05, 0.1) is 12.2 Å². The molecule has 1 aromatic carbocycles. The summed E-state index contributed by atoms with van der Waals surface area (Å²) in [6, 6.07) is 6.34. The lowest BCUT2D eigenvalue weighted by molar-refractivity contribution is -0.114. The molecule has 3 rings (SSSR count). The van der Waals surface area contributed by atoms with Crippen LogP contribution in [0.15, 0.2) is 24.3 Å². The van der Waals surface area contributed by atoms with Crippen LogP contribution in [0.4, 0.5) is 11.5 Å². The van der Waals surface area contributed by atoms with Crippen LogP contribution in [-0.2, 0) is 28.1 Å². The van der Waals surface area contributed by atoms with Gasteiger partial charge in [-0.05, 0) is 24.3 Å². The Bertz CT molecular complexity index is 935. The molecule has 0 fully saturated rings. The molecule has 1 aliphatic rings. The molecular formula is C14H16N6O4S. The first-order chi connectivity index (χ1) is 11.7. The Kier molecular flexibility index (Phi) is 4.29. The molecule has 0 spiro atoms. The maximum absolute atomic E-state index is 12.3. The van der Waals surface area contributed by atoms with Crippen LogP contribution in [0.3, 0.4) is 0 Å². The Labute approximate surface area is 143 Å². The van der Waals surface area contributed by atoms with Crippen LogP contribution in [0, 0.1) is 0 Å². The Balaban J connectivity index is 1.72. The number of carbonyl (C=O) groups excluding carboxylic acids is 2. The number of anilines is 2. The van der Waals surface area contributed by atoms with Gasteiger partial charge in [-0.15, -0.1) is 0 Å². The van der Waals surface area contributed by atoms with Crippen molar-refractivity contribution >= 4 is 33.5 Å². The third-order valence-electron chi connectivity index (χ3n) is 3.68. The van der Waals surface area contributed by atoms with E-state index in [9.17, 15) is 18.0 Å². The van der Waals surface area contributed by atoms with E-state index in [0.717, 1.165) is 4.31 Å². The van der Waals surface area contributed by atoms with E-state index in [4.69, 9.17) is 5.14 Å². The standard InChI is InChI=1S/C14H16N6O4S/c1-8(21)16-10-4-2-9(3-5-10)14(22)17-13-11-6-20(25(15,23)24)7-12(11)18-19-13/h2-5H,6-7H2,1H3,(H,16,21)(H2,15,23,24)(H2,17,18,19,22). The summed E-state index contributed by atoms with van der Waals surface area (Å²) < 4.78 is 23.9. The zero-order valence-electron chi connectivity index (χ0n) is 13.2. The molecule has 10 nitrogen and oxygen atoms in total. The Morgan fingerprint density at radius 3 is 2.48 bits per heavy atom. The highest BCUT2D eigenvalue weighted by molar-refractivity contribution is 7.86. The smallest absolute Gasteiger partial charge is 0.277 e. The number of amides is 2. The highest BCUT2D eigenvalue weighted by Crippen LogP contribution is 2.28. The van der Waals surface area contributed by atoms with E-state index in [1.807, 2.05) is 0 Å². The Hall–Kier alpha value is -2.76. The molecular weight excluding hydrogens is 348 g/mol. The van der Waals surface area contributed by atoms with Gasteiger partial charge in [0.15, 0.2) is 0 Å². The molecule has 0 saturated heterocycles. The minimum Gasteiger partial charge on any atom is -0.326 e. The van der Waals surface area contributed by atoms with E-state index < -0.39 is 16.1 Å². The number of nitrogens with one attached hydrogen (secondary N) is 3. The topological polar surface area (TPSA) is 150 Å². The van der Waals surface area contributed by atoms with Crippen LogP contribution < -0.4 is 15.8 Å². The van der Waals surface area contributed by atoms with Gasteiger partial charge >= 0.3 is 0 Å². The molecule has 2 amide bonds. The first-order valence-corrected chi connectivity index (χ1v) is 8.77. The molecule has 1 aromatic heterocycles. The summed E-state index contributed by atoms with van der Waals surface area (Å²) in [6.07, 6.45) is 0. The Morgan fingerprint density at radius 2 is 1.88 bits per heavy atom. The van der Waals surface area contributed by atoms with Crippen LogP contribution in [-0.4, -0.2) is 34.7 Å².